The number of rotatable bonds is 7. The van der Waals surface area contributed by atoms with E-state index in [0.29, 0.717) is 0 Å². The van der Waals surface area contributed by atoms with E-state index < -0.39 is 31.9 Å². The first kappa shape index (κ1) is 18.0. The zero-order chi connectivity index (χ0) is 15.3. The number of amides is 1. The second-order valence-electron chi connectivity index (χ2n) is 4.82. The normalized spacial score (nSPS) is 13.7. The minimum absolute atomic E-state index is 0.133. The maximum atomic E-state index is 11.8. The topological polar surface area (TPSA) is 131 Å². The van der Waals surface area contributed by atoms with Crippen LogP contribution in [0.5, 0.6) is 0 Å². The van der Waals surface area contributed by atoms with Crippen LogP contribution in [0.2, 0.25) is 0 Å². The summed E-state index contributed by atoms with van der Waals surface area (Å²) in [6, 6.07) is 1.87. The number of nitrogens with zero attached hydrogens (tertiary/aromatic N) is 2. The molecule has 0 aliphatic heterocycles. The Hall–Kier alpha value is -0.970. The number of hydrogen-bond acceptors (Lipinski definition) is 5. The first-order valence-corrected chi connectivity index (χ1v) is 7.04. The molecular weight excluding hydrogens is 275 g/mol. The quantitative estimate of drug-likeness (QED) is 0.556. The Kier molecular flexibility index (Phi) is 6.63. The Morgan fingerprint density at radius 3 is 2.47 bits per heavy atom. The lowest BCUT2D eigenvalue weighted by Crippen LogP contribution is -2.46. The Bertz CT molecular complexity index is 399. The Balaban J connectivity index is 4.60. The molecule has 0 saturated heterocycles. The van der Waals surface area contributed by atoms with E-state index in [1.807, 2.05) is 6.07 Å². The molecule has 0 fully saturated rings. The Labute approximate surface area is 111 Å². The zero-order valence-corrected chi connectivity index (χ0v) is 12.0. The lowest BCUT2D eigenvalue weighted by atomic mass is 9.87. The molecule has 0 aromatic rings. The van der Waals surface area contributed by atoms with Gasteiger partial charge >= 0.3 is 7.82 Å². The fraction of sp³-hybridized carbons (Fsp3) is 0.800. The van der Waals surface area contributed by atoms with Gasteiger partial charge in [0.2, 0.25) is 0 Å². The number of aliphatic hydroxyl groups excluding tert-OH is 1. The van der Waals surface area contributed by atoms with Crippen LogP contribution in [0.4, 0.5) is 0 Å². The molecule has 0 aromatic carbocycles. The van der Waals surface area contributed by atoms with Crippen LogP contribution in [0.1, 0.15) is 20.3 Å². The van der Waals surface area contributed by atoms with Crippen LogP contribution >= 0.6 is 7.82 Å². The molecule has 0 saturated carbocycles. The molecule has 1 amide bonds. The van der Waals surface area contributed by atoms with E-state index in [1.165, 1.54) is 25.8 Å². The molecule has 9 heteroatoms. The SMILES string of the molecule is CN(CCC#N)C(=O)C(O)C(C)(C)COP(=O)(O)O. The summed E-state index contributed by atoms with van der Waals surface area (Å²) in [7, 11) is -3.22. The molecule has 1 atom stereocenters. The summed E-state index contributed by atoms with van der Waals surface area (Å²) < 4.78 is 14.9. The molecule has 19 heavy (non-hydrogen) atoms. The van der Waals surface area contributed by atoms with E-state index >= 15 is 0 Å². The maximum Gasteiger partial charge on any atom is 0.469 e. The molecule has 0 aliphatic rings. The molecule has 0 bridgehead atoms. The predicted molar refractivity (Wildman–Crippen MR) is 65.7 cm³/mol. The van der Waals surface area contributed by atoms with Crippen LogP contribution < -0.4 is 0 Å². The van der Waals surface area contributed by atoms with Crippen molar-refractivity contribution in [2.24, 2.45) is 5.41 Å². The number of nitriles is 1. The van der Waals surface area contributed by atoms with E-state index in [9.17, 15) is 14.5 Å². The molecule has 8 nitrogen and oxygen atoms in total. The molecule has 0 aliphatic carbocycles. The van der Waals surface area contributed by atoms with Gasteiger partial charge in [0, 0.05) is 19.0 Å². The molecule has 1 unspecified atom stereocenters. The van der Waals surface area contributed by atoms with Gasteiger partial charge < -0.3 is 19.8 Å². The lowest BCUT2D eigenvalue weighted by molar-refractivity contribution is -0.146. The third kappa shape index (κ3) is 6.66. The minimum Gasteiger partial charge on any atom is -0.383 e. The van der Waals surface area contributed by atoms with Crippen molar-refractivity contribution in [2.45, 2.75) is 26.4 Å². The van der Waals surface area contributed by atoms with Gasteiger partial charge in [0.15, 0.2) is 0 Å². The summed E-state index contributed by atoms with van der Waals surface area (Å²) in [4.78, 5) is 30.2. The van der Waals surface area contributed by atoms with E-state index in [4.69, 9.17) is 15.0 Å². The Morgan fingerprint density at radius 1 is 1.53 bits per heavy atom. The Morgan fingerprint density at radius 2 is 2.05 bits per heavy atom. The number of likely N-dealkylation sites (N-methyl/N-ethyl adjacent to an activating group) is 1. The standard InChI is InChI=1S/C10H19N2O6P/c1-10(2,7-18-19(15,16)17)8(13)9(14)12(3)6-4-5-11/h8,13H,4,6-7H2,1-3H3,(H2,15,16,17). The number of carbonyl (C=O) groups excluding carboxylic acids is 1. The zero-order valence-electron chi connectivity index (χ0n) is 11.1. The van der Waals surface area contributed by atoms with Crippen molar-refractivity contribution in [2.75, 3.05) is 20.2 Å². The number of phosphoric acid groups is 1. The van der Waals surface area contributed by atoms with Crippen molar-refractivity contribution in [1.29, 1.82) is 5.26 Å². The van der Waals surface area contributed by atoms with E-state index in [1.54, 1.807) is 0 Å². The highest BCUT2D eigenvalue weighted by Gasteiger charge is 2.37. The fourth-order valence-electron chi connectivity index (χ4n) is 1.20. The molecule has 0 radical (unpaired) electrons. The highest BCUT2D eigenvalue weighted by Crippen LogP contribution is 2.38. The van der Waals surface area contributed by atoms with Crippen molar-refractivity contribution in [3.63, 3.8) is 0 Å². The highest BCUT2D eigenvalue weighted by molar-refractivity contribution is 7.46. The van der Waals surface area contributed by atoms with Crippen LogP contribution in [0, 0.1) is 16.7 Å². The van der Waals surface area contributed by atoms with Crippen LogP contribution in [0.15, 0.2) is 0 Å². The first-order valence-electron chi connectivity index (χ1n) is 5.51. The summed E-state index contributed by atoms with van der Waals surface area (Å²) in [6.07, 6.45) is -1.35. The monoisotopic (exact) mass is 294 g/mol. The summed E-state index contributed by atoms with van der Waals surface area (Å²) in [5.41, 5.74) is -1.17. The minimum atomic E-state index is -4.65. The van der Waals surface area contributed by atoms with Crippen molar-refractivity contribution in [3.05, 3.63) is 0 Å². The average molecular weight is 294 g/mol. The van der Waals surface area contributed by atoms with Crippen molar-refractivity contribution in [3.8, 4) is 6.07 Å². The van der Waals surface area contributed by atoms with E-state index in [2.05, 4.69) is 4.52 Å². The lowest BCUT2D eigenvalue weighted by Gasteiger charge is -2.31. The van der Waals surface area contributed by atoms with E-state index in [0.717, 1.165) is 0 Å². The van der Waals surface area contributed by atoms with Crippen molar-refractivity contribution in [1.82, 2.24) is 4.90 Å². The molecule has 0 aromatic heterocycles. The molecule has 0 spiro atoms. The smallest absolute Gasteiger partial charge is 0.383 e. The van der Waals surface area contributed by atoms with Crippen LogP contribution in [-0.2, 0) is 13.9 Å². The van der Waals surface area contributed by atoms with Gasteiger partial charge in [0.1, 0.15) is 6.10 Å². The largest absolute Gasteiger partial charge is 0.469 e. The fourth-order valence-corrected chi connectivity index (χ4v) is 1.70. The van der Waals surface area contributed by atoms with Crippen LogP contribution in [-0.4, -0.2) is 52.0 Å². The predicted octanol–water partition coefficient (Wildman–Crippen LogP) is -0.145. The number of phosphoric ester groups is 1. The molecular formula is C10H19N2O6P. The highest BCUT2D eigenvalue weighted by atomic mass is 31.2. The van der Waals surface area contributed by atoms with Crippen LogP contribution in [0.25, 0.3) is 0 Å². The number of aliphatic hydroxyl groups is 1. The summed E-state index contributed by atoms with van der Waals surface area (Å²) in [5.74, 6) is -0.630. The first-order chi connectivity index (χ1) is 8.51. The molecule has 3 N–H and O–H groups in total. The van der Waals surface area contributed by atoms with Gasteiger partial charge in [-0.1, -0.05) is 13.8 Å². The molecule has 0 heterocycles. The van der Waals surface area contributed by atoms with Crippen LogP contribution in [0.3, 0.4) is 0 Å². The van der Waals surface area contributed by atoms with Crippen molar-refractivity contribution < 1.29 is 28.8 Å². The van der Waals surface area contributed by atoms with Crippen molar-refractivity contribution >= 4 is 13.7 Å². The summed E-state index contributed by atoms with van der Waals surface area (Å²) in [6.45, 7) is 2.59. The average Bonchev–Trinajstić information content (AvgIpc) is 2.30. The van der Waals surface area contributed by atoms with E-state index in [-0.39, 0.29) is 13.0 Å². The third-order valence-corrected chi connectivity index (χ3v) is 2.98. The molecule has 110 valence electrons. The van der Waals surface area contributed by atoms with Gasteiger partial charge in [-0.15, -0.1) is 0 Å². The number of carbonyl (C=O) groups is 1. The second-order valence-corrected chi connectivity index (χ2v) is 6.06. The van der Waals surface area contributed by atoms with Gasteiger partial charge in [-0.25, -0.2) is 4.57 Å². The summed E-state index contributed by atoms with van der Waals surface area (Å²) in [5, 5.41) is 18.3. The maximum absolute atomic E-state index is 11.8. The summed E-state index contributed by atoms with van der Waals surface area (Å²) >= 11 is 0. The van der Waals surface area contributed by atoms with Gasteiger partial charge in [-0.2, -0.15) is 5.26 Å². The molecule has 0 rings (SSSR count). The van der Waals surface area contributed by atoms with Gasteiger partial charge in [-0.3, -0.25) is 9.32 Å². The number of hydrogen-bond donors (Lipinski definition) is 3. The second kappa shape index (κ2) is 6.98. The van der Waals surface area contributed by atoms with Gasteiger partial charge in [0.05, 0.1) is 19.1 Å². The van der Waals surface area contributed by atoms with Gasteiger partial charge in [0.25, 0.3) is 5.91 Å². The van der Waals surface area contributed by atoms with Gasteiger partial charge in [-0.05, 0) is 0 Å². The third-order valence-electron chi connectivity index (χ3n) is 2.51.